The van der Waals surface area contributed by atoms with E-state index < -0.39 is 0 Å². The monoisotopic (exact) mass is 152 g/mol. The van der Waals surface area contributed by atoms with Gasteiger partial charge in [0.25, 0.3) is 0 Å². The van der Waals surface area contributed by atoms with Gasteiger partial charge in [-0.15, -0.1) is 23.5 Å². The Morgan fingerprint density at radius 3 is 2.71 bits per heavy atom. The molecule has 0 nitrogen and oxygen atoms in total. The average molecular weight is 152 g/mol. The summed E-state index contributed by atoms with van der Waals surface area (Å²) in [6.07, 6.45) is 1.40. The Balaban J connectivity index is 1.93. The van der Waals surface area contributed by atoms with E-state index in [-0.39, 0.29) is 0 Å². The van der Waals surface area contributed by atoms with Crippen LogP contribution in [0.4, 0.5) is 0 Å². The van der Waals surface area contributed by atoms with Gasteiger partial charge in [-0.3, -0.25) is 0 Å². The highest BCUT2D eigenvalue weighted by atomic mass is 32.2. The van der Waals surface area contributed by atoms with Crippen molar-refractivity contribution < 1.29 is 0 Å². The summed E-state index contributed by atoms with van der Waals surface area (Å²) in [5, 5.41) is 0.984. The van der Waals surface area contributed by atoms with Crippen molar-refractivity contribution in [2.24, 2.45) is 0 Å². The summed E-state index contributed by atoms with van der Waals surface area (Å²) in [6, 6.07) is 0. The number of hydrogen-bond donors (Lipinski definition) is 1. The predicted octanol–water partition coefficient (Wildman–Crippen LogP) is 2.07. The van der Waals surface area contributed by atoms with Crippen LogP contribution in [0.3, 0.4) is 0 Å². The third-order valence-electron chi connectivity index (χ3n) is 0.918. The van der Waals surface area contributed by atoms with Crippen LogP contribution in [-0.4, -0.2) is 15.4 Å². The SMILES string of the molecule is SCSC1CCS1. The van der Waals surface area contributed by atoms with Crippen molar-refractivity contribution in [1.82, 2.24) is 0 Å². The fourth-order valence-corrected chi connectivity index (χ4v) is 3.20. The molecular weight excluding hydrogens is 144 g/mol. The van der Waals surface area contributed by atoms with Gasteiger partial charge in [-0.2, -0.15) is 12.6 Å². The van der Waals surface area contributed by atoms with Crippen molar-refractivity contribution >= 4 is 36.2 Å². The molecule has 7 heavy (non-hydrogen) atoms. The van der Waals surface area contributed by atoms with Gasteiger partial charge in [0.1, 0.15) is 0 Å². The molecule has 0 radical (unpaired) electrons. The van der Waals surface area contributed by atoms with E-state index in [0.717, 1.165) is 9.67 Å². The Labute approximate surface area is 58.2 Å². The van der Waals surface area contributed by atoms with Crippen LogP contribution in [0.15, 0.2) is 0 Å². The van der Waals surface area contributed by atoms with E-state index in [1.54, 1.807) is 0 Å². The Bertz CT molecular complexity index is 50.9. The largest absolute Gasteiger partial charge is 0.168 e. The van der Waals surface area contributed by atoms with E-state index in [1.165, 1.54) is 12.2 Å². The standard InChI is InChI=1S/C4H8S3/c5-3-7-4-1-2-6-4/h4-5H,1-3H2. The average Bonchev–Trinajstić information content (AvgIpc) is 1.55. The summed E-state index contributed by atoms with van der Waals surface area (Å²) in [4.78, 5) is 0. The number of thiol groups is 1. The van der Waals surface area contributed by atoms with Gasteiger partial charge < -0.3 is 0 Å². The number of hydrogen-bond acceptors (Lipinski definition) is 3. The number of rotatable bonds is 2. The molecule has 0 bridgehead atoms. The summed E-state index contributed by atoms with van der Waals surface area (Å²) in [6.45, 7) is 0. The van der Waals surface area contributed by atoms with Crippen molar-refractivity contribution in [2.75, 3.05) is 10.8 Å². The van der Waals surface area contributed by atoms with Crippen LogP contribution < -0.4 is 0 Å². The molecule has 1 unspecified atom stereocenters. The smallest absolute Gasteiger partial charge is 0.0518 e. The lowest BCUT2D eigenvalue weighted by atomic mass is 10.5. The zero-order chi connectivity index (χ0) is 5.11. The van der Waals surface area contributed by atoms with E-state index in [2.05, 4.69) is 12.6 Å². The molecule has 42 valence electrons. The van der Waals surface area contributed by atoms with E-state index >= 15 is 0 Å². The van der Waals surface area contributed by atoms with Crippen LogP contribution in [-0.2, 0) is 0 Å². The van der Waals surface area contributed by atoms with Crippen LogP contribution in [0.25, 0.3) is 0 Å². The lowest BCUT2D eigenvalue weighted by molar-refractivity contribution is 1.01. The number of thioether (sulfide) groups is 2. The normalized spacial score (nSPS) is 29.6. The second-order valence-corrected chi connectivity index (χ2v) is 4.93. The summed E-state index contributed by atoms with van der Waals surface area (Å²) in [5.41, 5.74) is 0. The maximum atomic E-state index is 4.10. The van der Waals surface area contributed by atoms with Gasteiger partial charge >= 0.3 is 0 Å². The van der Waals surface area contributed by atoms with Crippen molar-refractivity contribution in [2.45, 2.75) is 11.0 Å². The van der Waals surface area contributed by atoms with Crippen molar-refractivity contribution in [3.05, 3.63) is 0 Å². The molecule has 1 rings (SSSR count). The van der Waals surface area contributed by atoms with Crippen LogP contribution in [0, 0.1) is 0 Å². The highest BCUT2D eigenvalue weighted by Gasteiger charge is 2.16. The molecule has 1 fully saturated rings. The maximum Gasteiger partial charge on any atom is 0.0518 e. The first-order chi connectivity index (χ1) is 3.43. The van der Waals surface area contributed by atoms with Gasteiger partial charge in [0.2, 0.25) is 0 Å². The molecule has 0 N–H and O–H groups in total. The molecule has 0 aromatic rings. The Kier molecular flexibility index (Phi) is 2.78. The fraction of sp³-hybridized carbons (Fsp3) is 1.00. The molecular formula is C4H8S3. The summed E-state index contributed by atoms with van der Waals surface area (Å²) < 4.78 is 0.887. The first-order valence-corrected chi connectivity index (χ1v) is 5.00. The summed E-state index contributed by atoms with van der Waals surface area (Å²) in [7, 11) is 0. The molecule has 0 spiro atoms. The topological polar surface area (TPSA) is 0 Å². The maximum absolute atomic E-state index is 4.10. The van der Waals surface area contributed by atoms with Crippen LogP contribution in [0.1, 0.15) is 6.42 Å². The van der Waals surface area contributed by atoms with E-state index in [9.17, 15) is 0 Å². The van der Waals surface area contributed by atoms with Gasteiger partial charge in [-0.1, -0.05) is 0 Å². The second-order valence-electron chi connectivity index (χ2n) is 1.38. The first-order valence-electron chi connectivity index (χ1n) is 2.27. The van der Waals surface area contributed by atoms with Crippen molar-refractivity contribution in [1.29, 1.82) is 0 Å². The quantitative estimate of drug-likeness (QED) is 0.475. The van der Waals surface area contributed by atoms with Crippen molar-refractivity contribution in [3.8, 4) is 0 Å². The minimum atomic E-state index is 0.887. The summed E-state index contributed by atoms with van der Waals surface area (Å²) in [5.74, 6) is 1.37. The molecule has 1 aliphatic rings. The molecule has 0 aromatic carbocycles. The van der Waals surface area contributed by atoms with Crippen LogP contribution >= 0.6 is 36.2 Å². The molecule has 1 heterocycles. The van der Waals surface area contributed by atoms with Gasteiger partial charge in [-0.05, 0) is 12.2 Å². The second kappa shape index (κ2) is 3.15. The van der Waals surface area contributed by atoms with Crippen LogP contribution in [0.2, 0.25) is 0 Å². The predicted molar refractivity (Wildman–Crippen MR) is 42.3 cm³/mol. The molecule has 1 atom stereocenters. The van der Waals surface area contributed by atoms with Gasteiger partial charge in [0.15, 0.2) is 0 Å². The summed E-state index contributed by atoms with van der Waals surface area (Å²) >= 11 is 8.09. The van der Waals surface area contributed by atoms with E-state index in [0.29, 0.717) is 0 Å². The first kappa shape index (κ1) is 6.17. The zero-order valence-electron chi connectivity index (χ0n) is 3.96. The van der Waals surface area contributed by atoms with Gasteiger partial charge in [-0.25, -0.2) is 0 Å². The molecule has 3 heteroatoms. The zero-order valence-corrected chi connectivity index (χ0v) is 6.49. The Morgan fingerprint density at radius 1 is 1.86 bits per heavy atom. The molecule has 0 aromatic heterocycles. The van der Waals surface area contributed by atoms with Gasteiger partial charge in [0, 0.05) is 5.08 Å². The molecule has 1 saturated heterocycles. The highest BCUT2D eigenvalue weighted by molar-refractivity contribution is 8.21. The van der Waals surface area contributed by atoms with Crippen LogP contribution in [0.5, 0.6) is 0 Å². The lowest BCUT2D eigenvalue weighted by Crippen LogP contribution is -2.10. The third-order valence-corrected chi connectivity index (χ3v) is 4.02. The minimum Gasteiger partial charge on any atom is -0.168 e. The fourth-order valence-electron chi connectivity index (χ4n) is 0.429. The Hall–Kier alpha value is 1.05. The molecule has 0 saturated carbocycles. The molecule has 0 aliphatic carbocycles. The molecule has 0 amide bonds. The third kappa shape index (κ3) is 1.78. The highest BCUT2D eigenvalue weighted by Crippen LogP contribution is 2.36. The van der Waals surface area contributed by atoms with Gasteiger partial charge in [0.05, 0.1) is 4.58 Å². The van der Waals surface area contributed by atoms with E-state index in [4.69, 9.17) is 0 Å². The van der Waals surface area contributed by atoms with E-state index in [1.807, 2.05) is 23.5 Å². The lowest BCUT2D eigenvalue weighted by Gasteiger charge is -2.22. The minimum absolute atomic E-state index is 0.887. The molecule has 1 aliphatic heterocycles. The van der Waals surface area contributed by atoms with Crippen molar-refractivity contribution in [3.63, 3.8) is 0 Å². The Morgan fingerprint density at radius 2 is 2.57 bits per heavy atom.